The summed E-state index contributed by atoms with van der Waals surface area (Å²) in [5.74, 6) is 3.21. The summed E-state index contributed by atoms with van der Waals surface area (Å²) in [6.07, 6.45) is 6.94. The third-order valence-electron chi connectivity index (χ3n) is 4.07. The average molecular weight is 370 g/mol. The van der Waals surface area contributed by atoms with Crippen LogP contribution in [0.4, 0.5) is 22.0 Å². The van der Waals surface area contributed by atoms with Gasteiger partial charge in [-0.15, -0.1) is 6.42 Å². The molecule has 0 bridgehead atoms. The van der Waals surface area contributed by atoms with Crippen molar-refractivity contribution < 1.29 is 4.79 Å². The Hall–Kier alpha value is -4.10. The number of hydrogen-bond acceptors (Lipinski definition) is 4. The molecule has 3 rings (SSSR count). The number of terminal acetylenes is 1. The lowest BCUT2D eigenvalue weighted by Gasteiger charge is -2.16. The van der Waals surface area contributed by atoms with Crippen molar-refractivity contribution in [2.24, 2.45) is 0 Å². The van der Waals surface area contributed by atoms with E-state index in [-0.39, 0.29) is 12.6 Å². The van der Waals surface area contributed by atoms with Gasteiger partial charge in [-0.25, -0.2) is 21.3 Å². The zero-order valence-electron chi connectivity index (χ0n) is 15.3. The molecule has 138 valence electrons. The summed E-state index contributed by atoms with van der Waals surface area (Å²) in [6, 6.07) is 12.6. The Balaban J connectivity index is 1.86. The van der Waals surface area contributed by atoms with Crippen LogP contribution < -0.4 is 10.6 Å². The number of hydrogen-bond donors (Lipinski definition) is 2. The van der Waals surface area contributed by atoms with E-state index in [9.17, 15) is 4.79 Å². The summed E-state index contributed by atoms with van der Waals surface area (Å²) in [4.78, 5) is 25.6. The number of fused-ring (bicyclic) bond motifs is 1. The highest BCUT2D eigenvalue weighted by molar-refractivity contribution is 5.96. The number of amides is 2. The lowest BCUT2D eigenvalue weighted by atomic mass is 10.2. The molecule has 7 nitrogen and oxygen atoms in total. The van der Waals surface area contributed by atoms with Crippen molar-refractivity contribution in [1.82, 2.24) is 14.9 Å². The first-order valence-electron chi connectivity index (χ1n) is 8.54. The van der Waals surface area contributed by atoms with E-state index >= 15 is 0 Å². The van der Waals surface area contributed by atoms with Gasteiger partial charge in [0.05, 0.1) is 12.1 Å². The maximum absolute atomic E-state index is 12.2. The Morgan fingerprint density at radius 1 is 1.25 bits per heavy atom. The van der Waals surface area contributed by atoms with Crippen molar-refractivity contribution in [3.8, 4) is 12.3 Å². The van der Waals surface area contributed by atoms with Gasteiger partial charge in [0.2, 0.25) is 6.54 Å². The van der Waals surface area contributed by atoms with E-state index < -0.39 is 0 Å². The first-order valence-corrected chi connectivity index (χ1v) is 8.54. The van der Waals surface area contributed by atoms with Gasteiger partial charge in [0.1, 0.15) is 12.1 Å². The van der Waals surface area contributed by atoms with Crippen molar-refractivity contribution in [2.45, 2.75) is 0 Å². The zero-order valence-corrected chi connectivity index (χ0v) is 15.3. The van der Waals surface area contributed by atoms with E-state index in [1.54, 1.807) is 13.1 Å². The molecule has 0 saturated carbocycles. The quantitative estimate of drug-likeness (QED) is 0.530. The van der Waals surface area contributed by atoms with E-state index in [1.165, 1.54) is 11.2 Å². The van der Waals surface area contributed by atoms with Crippen LogP contribution in [0.5, 0.6) is 0 Å². The standard InChI is InChI=1S/C21H18N6O/c1-4-15-6-5-7-16(12-15)25-20-18-13-17(8-9-19(18)23-14-24-20)26-21(28)27(3)11-10-22-2/h1,5-9,12-14H,10-11H2,3H3,(H,26,28)(H,23,24,25). The number of nitrogens with zero attached hydrogens (tertiary/aromatic N) is 4. The molecule has 0 aliphatic carbocycles. The van der Waals surface area contributed by atoms with Gasteiger partial charge in [-0.2, -0.15) is 0 Å². The number of carbonyl (C=O) groups excluding carboxylic acids is 1. The predicted molar refractivity (Wildman–Crippen MR) is 110 cm³/mol. The molecule has 3 aromatic rings. The minimum absolute atomic E-state index is 0.264. The van der Waals surface area contributed by atoms with Crippen molar-refractivity contribution in [3.05, 3.63) is 65.8 Å². The largest absolute Gasteiger partial charge is 0.340 e. The number of urea groups is 1. The number of benzene rings is 2. The van der Waals surface area contributed by atoms with Crippen molar-refractivity contribution in [2.75, 3.05) is 30.8 Å². The van der Waals surface area contributed by atoms with Gasteiger partial charge >= 0.3 is 6.03 Å². The Morgan fingerprint density at radius 3 is 2.89 bits per heavy atom. The van der Waals surface area contributed by atoms with Crippen molar-refractivity contribution in [1.29, 1.82) is 0 Å². The van der Waals surface area contributed by atoms with Crippen LogP contribution in [0.3, 0.4) is 0 Å². The molecule has 0 radical (unpaired) electrons. The van der Waals surface area contributed by atoms with Crippen LogP contribution in [0, 0.1) is 18.9 Å². The first-order chi connectivity index (χ1) is 13.6. The topological polar surface area (TPSA) is 74.5 Å². The second kappa shape index (κ2) is 8.52. The maximum atomic E-state index is 12.2. The van der Waals surface area contributed by atoms with Crippen LogP contribution in [0.1, 0.15) is 5.56 Å². The van der Waals surface area contributed by atoms with Gasteiger partial charge in [-0.3, -0.25) is 0 Å². The summed E-state index contributed by atoms with van der Waals surface area (Å²) in [7, 11) is 1.65. The van der Waals surface area contributed by atoms with E-state index in [2.05, 4.69) is 31.4 Å². The molecule has 0 spiro atoms. The van der Waals surface area contributed by atoms with Crippen LogP contribution in [0.2, 0.25) is 0 Å². The van der Waals surface area contributed by atoms with Gasteiger partial charge in [-0.05, 0) is 36.4 Å². The lowest BCUT2D eigenvalue weighted by molar-refractivity contribution is 0.224. The number of carbonyl (C=O) groups is 1. The molecule has 0 aliphatic rings. The molecule has 0 saturated heterocycles. The number of anilines is 3. The number of likely N-dealkylation sites (N-methyl/N-ethyl adjacent to an activating group) is 1. The predicted octanol–water partition coefficient (Wildman–Crippen LogP) is 3.74. The molecule has 0 unspecified atom stereocenters. The van der Waals surface area contributed by atoms with Crippen LogP contribution in [0.25, 0.3) is 15.7 Å². The van der Waals surface area contributed by atoms with Crippen molar-refractivity contribution in [3.63, 3.8) is 0 Å². The number of aromatic nitrogens is 2. The smallest absolute Gasteiger partial charge is 0.321 e. The Bertz CT molecular complexity index is 1100. The fraction of sp³-hybridized carbons (Fsp3) is 0.143. The van der Waals surface area contributed by atoms with Gasteiger partial charge in [0.15, 0.2) is 0 Å². The average Bonchev–Trinajstić information content (AvgIpc) is 2.72. The van der Waals surface area contributed by atoms with E-state index in [0.29, 0.717) is 18.1 Å². The van der Waals surface area contributed by atoms with Crippen molar-refractivity contribution >= 4 is 34.1 Å². The molecular weight excluding hydrogens is 352 g/mol. The van der Waals surface area contributed by atoms with Crippen LogP contribution in [-0.4, -0.2) is 41.0 Å². The molecule has 2 aromatic carbocycles. The highest BCUT2D eigenvalue weighted by Gasteiger charge is 2.11. The third kappa shape index (κ3) is 4.35. The molecule has 1 aromatic heterocycles. The van der Waals surface area contributed by atoms with Crippen LogP contribution in [-0.2, 0) is 0 Å². The second-order valence-electron chi connectivity index (χ2n) is 6.04. The molecular formula is C21H18N6O. The normalized spacial score (nSPS) is 9.96. The molecule has 28 heavy (non-hydrogen) atoms. The fourth-order valence-electron chi connectivity index (χ4n) is 2.58. The van der Waals surface area contributed by atoms with Gasteiger partial charge < -0.3 is 20.4 Å². The Morgan fingerprint density at radius 2 is 2.11 bits per heavy atom. The molecule has 2 amide bonds. The van der Waals surface area contributed by atoms with E-state index in [0.717, 1.165) is 22.2 Å². The van der Waals surface area contributed by atoms with Gasteiger partial charge in [0, 0.05) is 29.4 Å². The maximum Gasteiger partial charge on any atom is 0.321 e. The summed E-state index contributed by atoms with van der Waals surface area (Å²) in [5, 5.41) is 6.84. The highest BCUT2D eigenvalue weighted by atomic mass is 16.2. The molecule has 7 heteroatoms. The van der Waals surface area contributed by atoms with E-state index in [1.807, 2.05) is 36.4 Å². The number of nitrogens with one attached hydrogen (secondary N) is 2. The van der Waals surface area contributed by atoms with Gasteiger partial charge in [0.25, 0.3) is 0 Å². The summed E-state index contributed by atoms with van der Waals surface area (Å²) < 4.78 is 0. The fourth-order valence-corrected chi connectivity index (χ4v) is 2.58. The summed E-state index contributed by atoms with van der Waals surface area (Å²) in [6.45, 7) is 7.45. The minimum atomic E-state index is -0.281. The summed E-state index contributed by atoms with van der Waals surface area (Å²) in [5.41, 5.74) is 2.93. The minimum Gasteiger partial charge on any atom is -0.340 e. The monoisotopic (exact) mass is 370 g/mol. The number of rotatable bonds is 5. The molecule has 0 fully saturated rings. The van der Waals surface area contributed by atoms with Crippen LogP contribution >= 0.6 is 0 Å². The highest BCUT2D eigenvalue weighted by Crippen LogP contribution is 2.26. The molecule has 0 aliphatic heterocycles. The first kappa shape index (κ1) is 18.7. The van der Waals surface area contributed by atoms with E-state index in [4.69, 9.17) is 13.0 Å². The lowest BCUT2D eigenvalue weighted by Crippen LogP contribution is -2.33. The van der Waals surface area contributed by atoms with Crippen LogP contribution in [0.15, 0.2) is 48.8 Å². The summed E-state index contributed by atoms with van der Waals surface area (Å²) >= 11 is 0. The third-order valence-corrected chi connectivity index (χ3v) is 4.07. The molecule has 0 atom stereocenters. The molecule has 2 N–H and O–H groups in total. The van der Waals surface area contributed by atoms with Gasteiger partial charge in [-0.1, -0.05) is 12.0 Å². The SMILES string of the molecule is [C-]#[N+]CCN(C)C(=O)Nc1ccc2ncnc(Nc3cccc(C#C)c3)c2c1. The Kier molecular flexibility index (Phi) is 5.69. The molecule has 1 heterocycles. The second-order valence-corrected chi connectivity index (χ2v) is 6.04. The Labute approximate surface area is 163 Å². The zero-order chi connectivity index (χ0) is 19.9.